The van der Waals surface area contributed by atoms with Gasteiger partial charge in [0.25, 0.3) is 0 Å². The van der Waals surface area contributed by atoms with E-state index in [9.17, 15) is 24.0 Å². The second kappa shape index (κ2) is 37.9. The van der Waals surface area contributed by atoms with E-state index in [-0.39, 0.29) is 27.1 Å². The van der Waals surface area contributed by atoms with Crippen molar-refractivity contribution in [3.05, 3.63) is 316 Å². The molecule has 650 valence electrons. The van der Waals surface area contributed by atoms with Gasteiger partial charge >= 0.3 is 0 Å². The number of thiazole rings is 5. The molecule has 10 nitrogen and oxygen atoms in total. The largest absolute Gasteiger partial charge is 0.294 e. The lowest BCUT2D eigenvalue weighted by atomic mass is 9.60. The van der Waals surface area contributed by atoms with E-state index in [0.29, 0.717) is 95.5 Å². The number of rotatable bonds is 17. The van der Waals surface area contributed by atoms with Crippen LogP contribution in [0.3, 0.4) is 0 Å². The predicted molar refractivity (Wildman–Crippen MR) is 515 cm³/mol. The normalized spacial score (nSPS) is 25.8. The van der Waals surface area contributed by atoms with Crippen molar-refractivity contribution in [2.24, 2.45) is 47.3 Å². The summed E-state index contributed by atoms with van der Waals surface area (Å²) in [5, 5.41) is 0. The number of ketones is 5. The maximum atomic E-state index is 13.3. The molecular weight excluding hydrogens is 1630 g/mol. The summed E-state index contributed by atoms with van der Waals surface area (Å²) in [6.45, 7) is 29.0. The molecule has 5 unspecified atom stereocenters. The second-order valence-corrected chi connectivity index (χ2v) is 42.3. The van der Waals surface area contributed by atoms with Crippen LogP contribution < -0.4 is 0 Å². The van der Waals surface area contributed by atoms with Gasteiger partial charge in [-0.3, -0.25) is 24.0 Å². The summed E-state index contributed by atoms with van der Waals surface area (Å²) in [4.78, 5) is 96.6. The molecule has 10 atom stereocenters. The quantitative estimate of drug-likeness (QED) is 0.0862. The van der Waals surface area contributed by atoms with Crippen LogP contribution in [0, 0.1) is 47.3 Å². The first-order valence-corrected chi connectivity index (χ1v) is 51.2. The van der Waals surface area contributed by atoms with Gasteiger partial charge in [-0.2, -0.15) is 0 Å². The lowest BCUT2D eigenvalue weighted by molar-refractivity contribution is -0.118. The molecule has 125 heavy (non-hydrogen) atoms. The topological polar surface area (TPSA) is 150 Å². The van der Waals surface area contributed by atoms with Crippen LogP contribution in [0.1, 0.15) is 293 Å². The maximum Gasteiger partial charge on any atom is 0.160 e. The molecule has 0 radical (unpaired) electrons. The van der Waals surface area contributed by atoms with E-state index in [1.54, 1.807) is 56.7 Å². The van der Waals surface area contributed by atoms with Gasteiger partial charge in [-0.25, -0.2) is 24.9 Å². The van der Waals surface area contributed by atoms with Crippen molar-refractivity contribution in [3.8, 4) is 0 Å². The van der Waals surface area contributed by atoms with Crippen molar-refractivity contribution in [3.63, 3.8) is 0 Å². The lowest BCUT2D eigenvalue weighted by Crippen LogP contribution is -2.41. The smallest absolute Gasteiger partial charge is 0.160 e. The zero-order valence-electron chi connectivity index (χ0n) is 75.7. The fourth-order valence-electron chi connectivity index (χ4n) is 24.4. The fourth-order valence-corrected chi connectivity index (χ4v) is 29.9. The second-order valence-electron chi connectivity index (χ2n) is 38.0. The Morgan fingerprint density at radius 2 is 0.464 bits per heavy atom. The summed E-state index contributed by atoms with van der Waals surface area (Å²) in [6, 6.07) is 53.0. The summed E-state index contributed by atoms with van der Waals surface area (Å²) in [5.74, 6) is 5.93. The molecule has 5 aromatic carbocycles. The number of carbonyl (C=O) groups excluding carboxylic acids is 5. The van der Waals surface area contributed by atoms with Crippen LogP contribution >= 0.6 is 56.7 Å². The van der Waals surface area contributed by atoms with Gasteiger partial charge in [-0.05, 0) is 152 Å². The summed E-state index contributed by atoms with van der Waals surface area (Å²) >= 11 is 8.60. The van der Waals surface area contributed by atoms with Crippen molar-refractivity contribution in [1.29, 1.82) is 0 Å². The minimum absolute atomic E-state index is 0.292. The number of fused-ring (bicyclic) bond motifs is 5. The molecule has 0 bridgehead atoms. The van der Waals surface area contributed by atoms with Gasteiger partial charge in [0.1, 0.15) is 0 Å². The first-order chi connectivity index (χ1) is 60.6. The standard InChI is InChI=1S/5C22H25NOS/c3*1-4-22(17-8-6-5-7-9-17)20-16(11-18-21(22)25-13-23-18)10-15(14(2)3)12-19(20)24;2*1-3-8-15-11-16-13-18-21(25-14-23-18)22(4-2,20(16)19(24)12-15)17-9-6-5-7-10-17/h3*5-9,13-15H,4,10-12H2,1-3H3;2*5-7,9-10,14-15H,3-4,8,11-13H2,1-2H3/t15-,22+;15-,22-;;15?,22-;/m01.1./s1. The third-order valence-corrected chi connectivity index (χ3v) is 35.6. The van der Waals surface area contributed by atoms with E-state index in [0.717, 1.165) is 163 Å². The van der Waals surface area contributed by atoms with Crippen LogP contribution in [0.25, 0.3) is 0 Å². The first-order valence-electron chi connectivity index (χ1n) is 46.8. The summed E-state index contributed by atoms with van der Waals surface area (Å²) < 4.78 is 0. The molecule has 20 rings (SSSR count). The monoisotopic (exact) mass is 1760 g/mol. The van der Waals surface area contributed by atoms with E-state index in [1.807, 2.05) is 27.6 Å². The van der Waals surface area contributed by atoms with Crippen LogP contribution in [0.5, 0.6) is 0 Å². The molecule has 0 spiro atoms. The molecule has 5 heterocycles. The van der Waals surface area contributed by atoms with Gasteiger partial charge in [0.05, 0.1) is 83.1 Å². The van der Waals surface area contributed by atoms with Crippen molar-refractivity contribution < 1.29 is 24.0 Å². The van der Waals surface area contributed by atoms with Gasteiger partial charge in [0.2, 0.25) is 0 Å². The van der Waals surface area contributed by atoms with Crippen LogP contribution in [-0.2, 0) is 83.2 Å². The van der Waals surface area contributed by atoms with Crippen molar-refractivity contribution in [2.45, 2.75) is 271 Å². The van der Waals surface area contributed by atoms with Crippen LogP contribution in [0.2, 0.25) is 0 Å². The first kappa shape index (κ1) is 89.7. The Kier molecular flexibility index (Phi) is 27.2. The minimum Gasteiger partial charge on any atom is -0.294 e. The average Bonchev–Trinajstić information content (AvgIpc) is 1.72. The molecule has 0 amide bonds. The third kappa shape index (κ3) is 16.0. The molecular formula is C110H125N5O5S5. The Bertz CT molecular complexity index is 5300. The Balaban J connectivity index is 0.000000115. The molecule has 10 aliphatic carbocycles. The lowest BCUT2D eigenvalue weighted by Gasteiger charge is -2.43. The van der Waals surface area contributed by atoms with Gasteiger partial charge in [0.15, 0.2) is 28.9 Å². The number of aromatic nitrogens is 5. The molecule has 15 heteroatoms. The average molecular weight is 1760 g/mol. The zero-order chi connectivity index (χ0) is 87.7. The number of Topliss-reactive ketones (excluding diaryl/α,β-unsaturated/α-hetero) is 5. The summed E-state index contributed by atoms with van der Waals surface area (Å²) in [6.07, 6.45) is 22.3. The minimum atomic E-state index is -0.301. The van der Waals surface area contributed by atoms with Crippen LogP contribution in [0.4, 0.5) is 0 Å². The van der Waals surface area contributed by atoms with Gasteiger partial charge in [-0.15, -0.1) is 56.7 Å². The highest BCUT2D eigenvalue weighted by Gasteiger charge is 2.55. The Labute approximate surface area is 762 Å². The fraction of sp³-hybridized carbons (Fsp3) is 0.455. The van der Waals surface area contributed by atoms with Crippen LogP contribution in [0.15, 0.2) is 235 Å². The van der Waals surface area contributed by atoms with E-state index >= 15 is 0 Å². The van der Waals surface area contributed by atoms with E-state index in [1.165, 1.54) is 109 Å². The molecule has 0 N–H and O–H groups in total. The Hall–Kier alpha value is -8.70. The van der Waals surface area contributed by atoms with Crippen LogP contribution in [-0.4, -0.2) is 53.8 Å². The maximum absolute atomic E-state index is 13.3. The number of nitrogens with zero attached hydrogens (tertiary/aromatic N) is 5. The highest BCUT2D eigenvalue weighted by Crippen LogP contribution is 2.60. The molecule has 0 aliphatic heterocycles. The molecule has 0 saturated carbocycles. The molecule has 0 saturated heterocycles. The van der Waals surface area contributed by atoms with E-state index in [4.69, 9.17) is 0 Å². The van der Waals surface area contributed by atoms with E-state index in [2.05, 4.69) is 267 Å². The Morgan fingerprint density at radius 1 is 0.272 bits per heavy atom. The van der Waals surface area contributed by atoms with Gasteiger partial charge in [-0.1, -0.05) is 282 Å². The predicted octanol–water partition coefficient (Wildman–Crippen LogP) is 26.9. The molecule has 10 aromatic rings. The molecule has 0 fully saturated rings. The number of allylic oxidation sites excluding steroid dienone is 10. The number of benzene rings is 5. The van der Waals surface area contributed by atoms with Crippen molar-refractivity contribution in [1.82, 2.24) is 24.9 Å². The number of carbonyl (C=O) groups is 5. The highest BCUT2D eigenvalue weighted by atomic mass is 32.1. The SMILES string of the molecule is CCC1(c2ccccc2)C2=C(Cc3ncsc31)CC(C(C)C)CC2=O.CCCC1CC(=O)C2=C(Cc3ncsc3C2(CC)c2ccccc2)C1.CCCC1CC(=O)C2=C(Cc3ncsc3[C@]2(CC)c2ccccc2)C1.CC[C@@]1(c2ccccc2)C2=C(Cc3ncsc31)C[C@@H](C(C)C)CC2=O.CC[C@@]1(c2ccccc2)C2=C(Cc3ncsc31)C[C@H](C(C)C)CC2=O. The molecule has 5 aromatic heterocycles. The Morgan fingerprint density at radius 3 is 0.648 bits per heavy atom. The van der Waals surface area contributed by atoms with Gasteiger partial charge in [0, 0.05) is 116 Å². The van der Waals surface area contributed by atoms with Gasteiger partial charge < -0.3 is 0 Å². The zero-order valence-corrected chi connectivity index (χ0v) is 79.8. The molecule has 10 aliphatic rings. The highest BCUT2D eigenvalue weighted by molar-refractivity contribution is 7.11. The van der Waals surface area contributed by atoms with Crippen molar-refractivity contribution in [2.75, 3.05) is 0 Å². The van der Waals surface area contributed by atoms with E-state index < -0.39 is 0 Å². The number of hydrogen-bond acceptors (Lipinski definition) is 15. The third-order valence-electron chi connectivity index (χ3n) is 30.4. The summed E-state index contributed by atoms with van der Waals surface area (Å²) in [5.41, 5.74) is 32.7. The van der Waals surface area contributed by atoms with Crippen molar-refractivity contribution >= 4 is 85.6 Å². The number of hydrogen-bond donors (Lipinski definition) is 0. The summed E-state index contributed by atoms with van der Waals surface area (Å²) in [7, 11) is 0.